The van der Waals surface area contributed by atoms with Crippen molar-refractivity contribution in [3.05, 3.63) is 0 Å². The van der Waals surface area contributed by atoms with Gasteiger partial charge >= 0.3 is 64.6 Å². The molecular formula is H3Cl2LiMgO3. The van der Waals surface area contributed by atoms with Gasteiger partial charge in [0.15, 0.2) is 0 Å². The van der Waals surface area contributed by atoms with Gasteiger partial charge in [0.1, 0.15) is 0 Å². The van der Waals surface area contributed by atoms with Gasteiger partial charge in [-0.15, -0.1) is 0 Å². The van der Waals surface area contributed by atoms with E-state index in [1.165, 1.54) is 0 Å². The molecule has 0 aliphatic carbocycles. The number of rotatable bonds is 2. The molecule has 0 aromatic rings. The summed E-state index contributed by atoms with van der Waals surface area (Å²) in [5, 5.41) is 0. The second kappa shape index (κ2) is 15.7. The predicted molar refractivity (Wildman–Crippen MR) is 16.8 cm³/mol. The van der Waals surface area contributed by atoms with Gasteiger partial charge < -0.3 is 9.32 Å². The molecule has 38 valence electrons. The molecule has 0 heterocycles. The van der Waals surface area contributed by atoms with Gasteiger partial charge in [-0.3, -0.25) is 0 Å². The molecule has 0 atom stereocenters. The molecule has 0 saturated heterocycles. The van der Waals surface area contributed by atoms with Crippen molar-refractivity contribution in [1.29, 1.82) is 0 Å². The summed E-state index contributed by atoms with van der Waals surface area (Å²) in [6.45, 7) is 0. The van der Waals surface area contributed by atoms with E-state index in [0.717, 1.165) is 0 Å². The van der Waals surface area contributed by atoms with Crippen molar-refractivity contribution in [3.8, 4) is 0 Å². The van der Waals surface area contributed by atoms with Crippen molar-refractivity contribution in [2.24, 2.45) is 0 Å². The maximum Gasteiger partial charge on any atom is 0.400 e. The summed E-state index contributed by atoms with van der Waals surface area (Å²) < 4.78 is 21.3. The van der Waals surface area contributed by atoms with Gasteiger partial charge in [0.2, 0.25) is 3.84 Å². The molecule has 7 heavy (non-hydrogen) atoms. The zero-order valence-corrected chi connectivity index (χ0v) is 3.49. The monoisotopic (exact) mass is 152 g/mol. The molecule has 0 aliphatic heterocycles. The molecule has 3 nitrogen and oxygen atoms in total. The van der Waals surface area contributed by atoms with E-state index in [1.54, 1.807) is 0 Å². The molecule has 0 saturated carbocycles. The van der Waals surface area contributed by atoms with Crippen LogP contribution in [0.5, 0.6) is 0 Å². The van der Waals surface area contributed by atoms with Crippen molar-refractivity contribution in [3.63, 3.8) is 0 Å². The van der Waals surface area contributed by atoms with Crippen molar-refractivity contribution in [2.45, 2.75) is 0 Å². The van der Waals surface area contributed by atoms with Gasteiger partial charge in [0.05, 0.1) is 0 Å². The quantitative estimate of drug-likeness (QED) is 0.380. The van der Waals surface area contributed by atoms with Crippen LogP contribution >= 0.6 is 0 Å². The average molecular weight is 153 g/mol. The first kappa shape index (κ1) is 15.9. The first-order valence-corrected chi connectivity index (χ1v) is 1.85. The van der Waals surface area contributed by atoms with Crippen LogP contribution < -0.4 is 9.32 Å². The van der Waals surface area contributed by atoms with Crippen LogP contribution in [0.2, 0.25) is 0 Å². The minimum absolute atomic E-state index is 0. The van der Waals surface area contributed by atoms with Crippen LogP contribution in [-0.4, -0.2) is 41.9 Å². The fourth-order valence-electron chi connectivity index (χ4n) is 0.00972. The Bertz CT molecular complexity index is 20.4. The van der Waals surface area contributed by atoms with E-state index in [4.69, 9.17) is 9.32 Å². The molecule has 0 aromatic carbocycles. The molecule has 0 amide bonds. The smallest absolute Gasteiger partial charge is 0.400 e. The molecule has 0 N–H and O–H groups in total. The van der Waals surface area contributed by atoms with Crippen LogP contribution in [0, 0.1) is 22.7 Å². The number of hydrogen-bond donors (Lipinski definition) is 0. The van der Waals surface area contributed by atoms with E-state index in [0.29, 0.717) is 0 Å². The third kappa shape index (κ3) is 18.1. The number of hydrogen-bond acceptors (Lipinski definition) is 3. The van der Waals surface area contributed by atoms with Gasteiger partial charge in [-0.25, -0.2) is 0 Å². The zero-order chi connectivity index (χ0) is 4.12. The summed E-state index contributed by atoms with van der Waals surface area (Å²) in [5.74, 6) is 0. The van der Waals surface area contributed by atoms with Gasteiger partial charge in [0, 0.05) is 0 Å². The first-order chi connectivity index (χ1) is 2.41. The van der Waals surface area contributed by atoms with E-state index < -0.39 is 0 Å². The minimum Gasteiger partial charge on any atom is -0.501 e. The summed E-state index contributed by atoms with van der Waals surface area (Å²) in [6.07, 6.45) is 0. The van der Waals surface area contributed by atoms with Crippen molar-refractivity contribution < 1.29 is 35.8 Å². The second-order valence-electron chi connectivity index (χ2n) is 0.184. The Hall–Kier alpha value is 1.82. The fraction of sp³-hybridized carbons (Fsp3) is 0. The summed E-state index contributed by atoms with van der Waals surface area (Å²) in [4.78, 5) is 0. The predicted octanol–water partition coefficient (Wildman–Crippen LogP) is -4.01. The summed E-state index contributed by atoms with van der Waals surface area (Å²) in [6, 6.07) is 0. The molecule has 0 rings (SSSR count). The summed E-state index contributed by atoms with van der Waals surface area (Å²) in [7, 11) is 0. The fourth-order valence-corrected chi connectivity index (χ4v) is 0.0875. The third-order valence-corrected chi connectivity index (χ3v) is 0.429. The Kier molecular flexibility index (Phi) is 35.6. The molecule has 0 radical (unpaired) electrons. The minimum atomic E-state index is 0. The van der Waals surface area contributed by atoms with E-state index >= 15 is 0 Å². The molecule has 0 aromatic heterocycles. The Morgan fingerprint density at radius 2 is 1.43 bits per heavy atom. The van der Waals surface area contributed by atoms with Gasteiger partial charge in [-0.05, 0) is 0 Å². The molecule has 0 unspecified atom stereocenters. The summed E-state index contributed by atoms with van der Waals surface area (Å²) in [5.41, 5.74) is 0. The molecule has 0 aliphatic rings. The maximum absolute atomic E-state index is 8.93. The molecule has 0 fully saturated rings. The average Bonchev–Trinajstić information content (AvgIpc) is 1.41. The standard InChI is InChI=1S/Cl2O3.Li.Mg.3H/c3-1-5-2-4;;;;;. The first-order valence-electron chi connectivity index (χ1n) is 0.617. The zero-order valence-electron chi connectivity index (χ0n) is 1.98. The van der Waals surface area contributed by atoms with E-state index in [1.807, 2.05) is 0 Å². The van der Waals surface area contributed by atoms with Crippen LogP contribution in [0.4, 0.5) is 0 Å². The van der Waals surface area contributed by atoms with Crippen LogP contribution in [0.15, 0.2) is 0 Å². The van der Waals surface area contributed by atoms with Crippen molar-refractivity contribution in [1.82, 2.24) is 0 Å². The molecular weight excluding hydrogens is 150 g/mol. The van der Waals surface area contributed by atoms with Gasteiger partial charge in [-0.2, -0.15) is 0 Å². The van der Waals surface area contributed by atoms with Crippen molar-refractivity contribution >= 4 is 41.9 Å². The van der Waals surface area contributed by atoms with Crippen molar-refractivity contribution in [2.75, 3.05) is 0 Å². The molecule has 0 spiro atoms. The summed E-state index contributed by atoms with van der Waals surface area (Å²) >= 11 is 0.299. The Balaban J connectivity index is -0.0000000800. The van der Waals surface area contributed by atoms with E-state index in [-0.39, 0.29) is 64.6 Å². The van der Waals surface area contributed by atoms with Crippen LogP contribution in [0.1, 0.15) is 0 Å². The Labute approximate surface area is 77.3 Å². The number of halogens is 2. The molecule has 0 bridgehead atoms. The van der Waals surface area contributed by atoms with Crippen LogP contribution in [0.25, 0.3) is 0 Å². The van der Waals surface area contributed by atoms with E-state index in [9.17, 15) is 0 Å². The third-order valence-electron chi connectivity index (χ3n) is 0.0476. The molecule has 7 heteroatoms. The Morgan fingerprint density at radius 3 is 1.43 bits per heavy atom. The largest absolute Gasteiger partial charge is 0.501 e. The Morgan fingerprint density at radius 1 is 1.14 bits per heavy atom. The van der Waals surface area contributed by atoms with Gasteiger partial charge in [0.25, 0.3) is 0 Å². The normalized spacial score (nSPS) is 6.00. The topological polar surface area (TPSA) is 55.3 Å². The second-order valence-corrected chi connectivity index (χ2v) is 0.903. The van der Waals surface area contributed by atoms with E-state index in [2.05, 4.69) is 3.84 Å². The SMILES string of the molecule is [LiH].[MgH2].[O-][Cl+]O[Cl+][O-]. The maximum atomic E-state index is 8.93. The van der Waals surface area contributed by atoms with Crippen LogP contribution in [-0.2, 0) is 3.84 Å². The van der Waals surface area contributed by atoms with Gasteiger partial charge in [-0.1, -0.05) is 0 Å². The van der Waals surface area contributed by atoms with Crippen LogP contribution in [0.3, 0.4) is 0 Å².